The van der Waals surface area contributed by atoms with Gasteiger partial charge in [-0.05, 0) is 37.9 Å². The summed E-state index contributed by atoms with van der Waals surface area (Å²) < 4.78 is 1.39. The van der Waals surface area contributed by atoms with Crippen LogP contribution >= 0.6 is 31.9 Å². The average molecular weight is 238 g/mol. The molecule has 42 valence electrons. The fourth-order valence-corrected chi connectivity index (χ4v) is 1.15. The van der Waals surface area contributed by atoms with Gasteiger partial charge >= 0.3 is 0 Å². The third-order valence-electron chi connectivity index (χ3n) is 0.592. The minimum Gasteiger partial charge on any atom is -0.231 e. The van der Waals surface area contributed by atoms with Crippen LogP contribution in [0, 0.1) is 0 Å². The third-order valence-corrected chi connectivity index (χ3v) is 1.42. The van der Waals surface area contributed by atoms with E-state index in [4.69, 9.17) is 0 Å². The van der Waals surface area contributed by atoms with Crippen LogP contribution < -0.4 is 0 Å². The van der Waals surface area contributed by atoms with E-state index in [1.807, 2.05) is 0 Å². The molecule has 4 heteroatoms. The molecule has 0 saturated carbocycles. The minimum absolute atomic E-state index is 0.604. The second-order valence-electron chi connectivity index (χ2n) is 1.15. The van der Waals surface area contributed by atoms with Crippen LogP contribution in [-0.4, -0.2) is 9.97 Å². The molecule has 8 heavy (non-hydrogen) atoms. The van der Waals surface area contributed by atoms with Crippen LogP contribution in [0.3, 0.4) is 0 Å². The van der Waals surface area contributed by atoms with Crippen molar-refractivity contribution in [2.45, 2.75) is 0 Å². The van der Waals surface area contributed by atoms with Crippen LogP contribution in [0.5, 0.6) is 0 Å². The number of aromatic nitrogens is 2. The lowest BCUT2D eigenvalue weighted by Gasteiger charge is -1.85. The first-order chi connectivity index (χ1) is 3.79. The Kier molecular flexibility index (Phi) is 1.96. The van der Waals surface area contributed by atoms with Gasteiger partial charge in [0, 0.05) is 6.20 Å². The van der Waals surface area contributed by atoms with Crippen LogP contribution in [0.1, 0.15) is 0 Å². The van der Waals surface area contributed by atoms with Crippen molar-refractivity contribution >= 4 is 31.9 Å². The predicted molar refractivity (Wildman–Crippen MR) is 37.4 cm³/mol. The van der Waals surface area contributed by atoms with Gasteiger partial charge in [0.15, 0.2) is 4.73 Å². The molecule has 0 saturated heterocycles. The number of halogens is 2. The van der Waals surface area contributed by atoms with Gasteiger partial charge in [0.2, 0.25) is 0 Å². The molecule has 0 atom stereocenters. The molecule has 1 heterocycles. The van der Waals surface area contributed by atoms with Gasteiger partial charge in [-0.1, -0.05) is 0 Å². The summed E-state index contributed by atoms with van der Waals surface area (Å²) in [5, 5.41) is 0. The lowest BCUT2D eigenvalue weighted by atomic mass is 10.7. The molecule has 0 amide bonds. The van der Waals surface area contributed by atoms with Gasteiger partial charge in [-0.3, -0.25) is 0 Å². The Labute approximate surface area is 63.6 Å². The van der Waals surface area contributed by atoms with E-state index in [-0.39, 0.29) is 0 Å². The molecule has 0 aliphatic heterocycles. The predicted octanol–water partition coefficient (Wildman–Crippen LogP) is 2.00. The van der Waals surface area contributed by atoms with Crippen LogP contribution in [0.2, 0.25) is 0 Å². The van der Waals surface area contributed by atoms with Gasteiger partial charge in [0.1, 0.15) is 4.60 Å². The highest BCUT2D eigenvalue weighted by Gasteiger charge is 1.87. The molecule has 2 nitrogen and oxygen atoms in total. The highest BCUT2D eigenvalue weighted by Crippen LogP contribution is 2.06. The summed E-state index contributed by atoms with van der Waals surface area (Å²) >= 11 is 6.29. The summed E-state index contributed by atoms with van der Waals surface area (Å²) in [6, 6.07) is 1.77. The van der Waals surface area contributed by atoms with E-state index in [1.165, 1.54) is 0 Å². The Morgan fingerprint density at radius 3 is 2.50 bits per heavy atom. The maximum absolute atomic E-state index is 3.90. The molecule has 0 spiro atoms. The van der Waals surface area contributed by atoms with Gasteiger partial charge in [-0.25, -0.2) is 9.97 Å². The molecule has 0 unspecified atom stereocenters. The average Bonchev–Trinajstić information content (AvgIpc) is 1.64. The van der Waals surface area contributed by atoms with Crippen molar-refractivity contribution in [3.63, 3.8) is 0 Å². The standard InChI is InChI=1S/C4H2Br2N2/c5-3-1-2-7-4(6)8-3/h1-2H. The molecule has 0 aromatic carbocycles. The second kappa shape index (κ2) is 2.55. The zero-order chi connectivity index (χ0) is 5.98. The number of nitrogens with zero attached hydrogens (tertiary/aromatic N) is 2. The second-order valence-corrected chi connectivity index (χ2v) is 2.67. The summed E-state index contributed by atoms with van der Waals surface area (Å²) in [6.07, 6.45) is 1.67. The zero-order valence-electron chi connectivity index (χ0n) is 3.81. The Bertz CT molecular complexity index is 172. The highest BCUT2D eigenvalue weighted by molar-refractivity contribution is 9.11. The van der Waals surface area contributed by atoms with Crippen molar-refractivity contribution in [2.75, 3.05) is 0 Å². The monoisotopic (exact) mass is 236 g/mol. The van der Waals surface area contributed by atoms with E-state index >= 15 is 0 Å². The van der Waals surface area contributed by atoms with Crippen molar-refractivity contribution in [1.82, 2.24) is 9.97 Å². The van der Waals surface area contributed by atoms with Crippen molar-refractivity contribution in [3.05, 3.63) is 21.6 Å². The maximum Gasteiger partial charge on any atom is 0.197 e. The topological polar surface area (TPSA) is 25.8 Å². The van der Waals surface area contributed by atoms with Gasteiger partial charge < -0.3 is 0 Å². The minimum atomic E-state index is 0.604. The van der Waals surface area contributed by atoms with Gasteiger partial charge in [0.05, 0.1) is 0 Å². The number of rotatable bonds is 0. The van der Waals surface area contributed by atoms with E-state index in [1.54, 1.807) is 12.3 Å². The van der Waals surface area contributed by atoms with E-state index in [0.717, 1.165) is 4.60 Å². The fraction of sp³-hybridized carbons (Fsp3) is 0. The zero-order valence-corrected chi connectivity index (χ0v) is 6.98. The van der Waals surface area contributed by atoms with E-state index < -0.39 is 0 Å². The fourth-order valence-electron chi connectivity index (χ4n) is 0.315. The quantitative estimate of drug-likeness (QED) is 0.510. The van der Waals surface area contributed by atoms with Gasteiger partial charge in [-0.2, -0.15) is 0 Å². The normalized spacial score (nSPS) is 9.25. The lowest BCUT2D eigenvalue weighted by Crippen LogP contribution is -1.78. The van der Waals surface area contributed by atoms with Crippen LogP contribution in [0.15, 0.2) is 21.6 Å². The first-order valence-corrected chi connectivity index (χ1v) is 3.51. The molecule has 0 radical (unpaired) electrons. The molecule has 0 bridgehead atoms. The Morgan fingerprint density at radius 1 is 1.38 bits per heavy atom. The summed E-state index contributed by atoms with van der Waals surface area (Å²) in [7, 11) is 0. The molecular weight excluding hydrogens is 236 g/mol. The van der Waals surface area contributed by atoms with E-state index in [9.17, 15) is 0 Å². The molecule has 0 aliphatic rings. The van der Waals surface area contributed by atoms with Gasteiger partial charge in [0.25, 0.3) is 0 Å². The molecule has 0 aliphatic carbocycles. The number of hydrogen-bond donors (Lipinski definition) is 0. The smallest absolute Gasteiger partial charge is 0.197 e. The molecule has 1 aromatic heterocycles. The largest absolute Gasteiger partial charge is 0.231 e. The maximum atomic E-state index is 3.90. The van der Waals surface area contributed by atoms with Crippen molar-refractivity contribution < 1.29 is 0 Å². The van der Waals surface area contributed by atoms with Crippen molar-refractivity contribution in [1.29, 1.82) is 0 Å². The summed E-state index contributed by atoms with van der Waals surface area (Å²) in [5.74, 6) is 0. The molecule has 0 N–H and O–H groups in total. The first-order valence-electron chi connectivity index (χ1n) is 1.93. The Balaban J connectivity index is 3.08. The van der Waals surface area contributed by atoms with Crippen molar-refractivity contribution in [2.24, 2.45) is 0 Å². The molecular formula is C4H2Br2N2. The lowest BCUT2D eigenvalue weighted by molar-refractivity contribution is 1.09. The Hall–Kier alpha value is 0.0400. The summed E-state index contributed by atoms with van der Waals surface area (Å²) in [6.45, 7) is 0. The SMILES string of the molecule is Brc1ccnc(Br)n1. The number of hydrogen-bond acceptors (Lipinski definition) is 2. The van der Waals surface area contributed by atoms with E-state index in [2.05, 4.69) is 41.8 Å². The van der Waals surface area contributed by atoms with Gasteiger partial charge in [-0.15, -0.1) is 0 Å². The Morgan fingerprint density at radius 2 is 2.12 bits per heavy atom. The molecule has 1 aromatic rings. The van der Waals surface area contributed by atoms with Crippen LogP contribution in [0.25, 0.3) is 0 Å². The highest BCUT2D eigenvalue weighted by atomic mass is 79.9. The molecule has 0 fully saturated rings. The molecule has 1 rings (SSSR count). The first kappa shape index (κ1) is 6.16. The summed E-state index contributed by atoms with van der Waals surface area (Å²) in [4.78, 5) is 7.71. The summed E-state index contributed by atoms with van der Waals surface area (Å²) in [5.41, 5.74) is 0. The van der Waals surface area contributed by atoms with E-state index in [0.29, 0.717) is 4.73 Å². The van der Waals surface area contributed by atoms with Crippen LogP contribution in [0.4, 0.5) is 0 Å². The van der Waals surface area contributed by atoms with Crippen LogP contribution in [-0.2, 0) is 0 Å². The van der Waals surface area contributed by atoms with Crippen molar-refractivity contribution in [3.8, 4) is 0 Å². The third kappa shape index (κ3) is 1.52.